The van der Waals surface area contributed by atoms with E-state index < -0.39 is 23.6 Å². The highest BCUT2D eigenvalue weighted by molar-refractivity contribution is 7.16. The Balaban J connectivity index is 1.62. The third kappa shape index (κ3) is 4.79. The molecule has 0 spiro atoms. The first kappa shape index (κ1) is 25.2. The Hall–Kier alpha value is -3.49. The summed E-state index contributed by atoms with van der Waals surface area (Å²) in [6, 6.07) is 6.01. The number of benzene rings is 1. The average Bonchev–Trinajstić information content (AvgIpc) is 3.46. The monoisotopic (exact) mass is 529 g/mol. The van der Waals surface area contributed by atoms with Gasteiger partial charge in [0.05, 0.1) is 13.1 Å². The highest BCUT2D eigenvalue weighted by atomic mass is 32.1. The van der Waals surface area contributed by atoms with Crippen molar-refractivity contribution in [2.45, 2.75) is 44.6 Å². The van der Waals surface area contributed by atoms with Crippen molar-refractivity contribution in [3.05, 3.63) is 81.5 Å². The molecule has 1 fully saturated rings. The maximum atomic E-state index is 15.4. The summed E-state index contributed by atoms with van der Waals surface area (Å²) < 4.78 is 58.3. The maximum absolute atomic E-state index is 15.4. The number of carbonyl (C=O) groups is 1. The molecule has 2 aromatic heterocycles. The molecule has 6 nitrogen and oxygen atoms in total. The van der Waals surface area contributed by atoms with Gasteiger partial charge in [-0.2, -0.15) is 29.6 Å². The predicted molar refractivity (Wildman–Crippen MR) is 132 cm³/mol. The first-order valence-corrected chi connectivity index (χ1v) is 12.6. The minimum absolute atomic E-state index is 0.140. The molecule has 2 atom stereocenters. The number of alkyl halides is 3. The molecule has 11 heteroatoms. The van der Waals surface area contributed by atoms with E-state index in [0.717, 1.165) is 34.2 Å². The van der Waals surface area contributed by atoms with Gasteiger partial charge in [-0.05, 0) is 43.1 Å². The second-order valence-corrected chi connectivity index (χ2v) is 10.1. The summed E-state index contributed by atoms with van der Waals surface area (Å²) in [6.07, 6.45) is 0.675. The molecule has 3 aromatic rings. The molecule has 1 saturated heterocycles. The number of nitrogens with zero attached hydrogens (tertiary/aromatic N) is 4. The summed E-state index contributed by atoms with van der Waals surface area (Å²) >= 11 is 1.24. The number of thiophene rings is 1. The van der Waals surface area contributed by atoms with Crippen LogP contribution in [0, 0.1) is 12.4 Å². The zero-order valence-electron chi connectivity index (χ0n) is 19.8. The van der Waals surface area contributed by atoms with E-state index in [2.05, 4.69) is 15.3 Å². The minimum atomic E-state index is -4.78. The van der Waals surface area contributed by atoms with Crippen molar-refractivity contribution in [2.24, 2.45) is 0 Å². The molecule has 2 aliphatic rings. The lowest BCUT2D eigenvalue weighted by Gasteiger charge is -2.34. The lowest BCUT2D eigenvalue weighted by atomic mass is 9.83. The fraction of sp³-hybridized carbons (Fsp3) is 0.346. The topological polar surface area (TPSA) is 54.5 Å². The normalized spacial score (nSPS) is 19.5. The number of hydrogen-bond acceptors (Lipinski definition) is 4. The summed E-state index contributed by atoms with van der Waals surface area (Å²) in [5.41, 5.74) is -0.645. The van der Waals surface area contributed by atoms with Gasteiger partial charge >= 0.3 is 6.18 Å². The molecule has 1 amide bonds. The summed E-state index contributed by atoms with van der Waals surface area (Å²) in [5, 5.41) is 7.27. The van der Waals surface area contributed by atoms with Gasteiger partial charge in [0.15, 0.2) is 5.69 Å². The Morgan fingerprint density at radius 2 is 2.14 bits per heavy atom. The van der Waals surface area contributed by atoms with Crippen LogP contribution in [0.1, 0.15) is 41.0 Å². The summed E-state index contributed by atoms with van der Waals surface area (Å²) in [7, 11) is 0. The Morgan fingerprint density at radius 3 is 2.78 bits per heavy atom. The number of hydrogen-bond donors (Lipinski definition) is 1. The molecule has 4 heterocycles. The Morgan fingerprint density at radius 1 is 1.35 bits per heavy atom. The molecular formula is C26H23F4N5OS. The molecule has 37 heavy (non-hydrogen) atoms. The fourth-order valence-electron chi connectivity index (χ4n) is 4.76. The highest BCUT2D eigenvalue weighted by Gasteiger charge is 2.40. The van der Waals surface area contributed by atoms with Gasteiger partial charge in [-0.25, -0.2) is 9.24 Å². The van der Waals surface area contributed by atoms with Gasteiger partial charge in [0, 0.05) is 53.3 Å². The van der Waals surface area contributed by atoms with Crippen LogP contribution in [-0.2, 0) is 24.1 Å². The fourth-order valence-corrected chi connectivity index (χ4v) is 5.79. The van der Waals surface area contributed by atoms with E-state index in [9.17, 15) is 18.0 Å². The van der Waals surface area contributed by atoms with E-state index in [1.54, 1.807) is 30.0 Å². The number of rotatable bonds is 5. The highest BCUT2D eigenvalue weighted by Crippen LogP contribution is 2.46. The van der Waals surface area contributed by atoms with Crippen LogP contribution in [-0.4, -0.2) is 39.7 Å². The molecule has 0 bridgehead atoms. The van der Waals surface area contributed by atoms with Crippen LogP contribution in [0.25, 0.3) is 16.0 Å². The molecular weight excluding hydrogens is 506 g/mol. The molecule has 1 aromatic carbocycles. The number of aromatic nitrogens is 2. The van der Waals surface area contributed by atoms with Crippen molar-refractivity contribution in [1.82, 2.24) is 20.0 Å². The van der Waals surface area contributed by atoms with Crippen molar-refractivity contribution in [3.63, 3.8) is 0 Å². The van der Waals surface area contributed by atoms with E-state index in [1.807, 2.05) is 0 Å². The predicted octanol–water partition coefficient (Wildman–Crippen LogP) is 5.73. The van der Waals surface area contributed by atoms with E-state index in [0.29, 0.717) is 10.6 Å². The number of nitrogens with one attached hydrogen (secondary N) is 1. The largest absolute Gasteiger partial charge is 0.435 e. The van der Waals surface area contributed by atoms with Gasteiger partial charge in [-0.15, -0.1) is 0 Å². The molecule has 0 saturated carbocycles. The standard InChI is InChI=1S/C26H23F4N5OS/c1-3-35-13-19(25(33-35)26(28,29)30)24-16(5-4-6-20(24)27)18-12-34(23(36)8-7-15-9-10-32-15)14-21-17(18)11-22(31-2)37-21/h4-8,11,13,15,18,32H,3,9-10,12,14H2,1H3/b8-7+/t15-,18+/m1/s1. The first-order chi connectivity index (χ1) is 17.7. The molecule has 1 N–H and O–H groups in total. The second kappa shape index (κ2) is 9.76. The zero-order chi connectivity index (χ0) is 26.3. The number of halogens is 4. The minimum Gasteiger partial charge on any atom is -0.333 e. The summed E-state index contributed by atoms with van der Waals surface area (Å²) in [6.45, 7) is 10.6. The number of carbonyl (C=O) groups excluding carboxylic acids is 1. The lowest BCUT2D eigenvalue weighted by Crippen LogP contribution is -2.42. The Labute approximate surface area is 215 Å². The van der Waals surface area contributed by atoms with Crippen LogP contribution < -0.4 is 5.32 Å². The number of aryl methyl sites for hydroxylation is 1. The molecule has 2 aliphatic heterocycles. The van der Waals surface area contributed by atoms with E-state index in [4.69, 9.17) is 6.57 Å². The SMILES string of the molecule is [C-]#[N+]c1cc2c(s1)CN(C(=O)/C=C/[C@@H]1CCN1)C[C@H]2c1cccc(F)c1-c1cn(CC)nc1C(F)(F)F. The molecule has 0 aliphatic carbocycles. The Bertz CT molecular complexity index is 1410. The van der Waals surface area contributed by atoms with Crippen LogP contribution >= 0.6 is 11.3 Å². The second-order valence-electron chi connectivity index (χ2n) is 9.00. The van der Waals surface area contributed by atoms with E-state index in [1.165, 1.54) is 29.7 Å². The third-order valence-corrected chi connectivity index (χ3v) is 7.77. The van der Waals surface area contributed by atoms with Gasteiger partial charge in [0.1, 0.15) is 5.82 Å². The first-order valence-electron chi connectivity index (χ1n) is 11.8. The van der Waals surface area contributed by atoms with Gasteiger partial charge in [-0.1, -0.05) is 18.2 Å². The zero-order valence-corrected chi connectivity index (χ0v) is 20.7. The van der Waals surface area contributed by atoms with Gasteiger partial charge in [0.25, 0.3) is 0 Å². The van der Waals surface area contributed by atoms with Crippen LogP contribution in [0.5, 0.6) is 0 Å². The third-order valence-electron chi connectivity index (χ3n) is 6.74. The molecule has 192 valence electrons. The Kier molecular flexibility index (Phi) is 6.64. The smallest absolute Gasteiger partial charge is 0.333 e. The summed E-state index contributed by atoms with van der Waals surface area (Å²) in [5.74, 6) is -1.67. The molecule has 5 rings (SSSR count). The van der Waals surface area contributed by atoms with Crippen LogP contribution in [0.15, 0.2) is 42.6 Å². The van der Waals surface area contributed by atoms with Crippen molar-refractivity contribution >= 4 is 22.2 Å². The van der Waals surface area contributed by atoms with Crippen molar-refractivity contribution in [3.8, 4) is 11.1 Å². The maximum Gasteiger partial charge on any atom is 0.435 e. The van der Waals surface area contributed by atoms with Gasteiger partial charge < -0.3 is 10.2 Å². The van der Waals surface area contributed by atoms with Crippen LogP contribution in [0.3, 0.4) is 0 Å². The quantitative estimate of drug-likeness (QED) is 0.261. The number of fused-ring (bicyclic) bond motifs is 1. The van der Waals surface area contributed by atoms with Crippen molar-refractivity contribution in [2.75, 3.05) is 13.1 Å². The number of amides is 1. The van der Waals surface area contributed by atoms with Crippen LogP contribution in [0.2, 0.25) is 0 Å². The lowest BCUT2D eigenvalue weighted by molar-refractivity contribution is -0.141. The van der Waals surface area contributed by atoms with E-state index in [-0.39, 0.29) is 42.7 Å². The summed E-state index contributed by atoms with van der Waals surface area (Å²) in [4.78, 5) is 19.0. The van der Waals surface area contributed by atoms with Crippen molar-refractivity contribution < 1.29 is 22.4 Å². The van der Waals surface area contributed by atoms with Crippen molar-refractivity contribution in [1.29, 1.82) is 0 Å². The van der Waals surface area contributed by atoms with Gasteiger partial charge in [-0.3, -0.25) is 9.48 Å². The van der Waals surface area contributed by atoms with E-state index >= 15 is 4.39 Å². The average molecular weight is 530 g/mol. The van der Waals surface area contributed by atoms with Crippen LogP contribution in [0.4, 0.5) is 22.6 Å². The van der Waals surface area contributed by atoms with Gasteiger partial charge in [0.2, 0.25) is 10.9 Å². The molecule has 0 radical (unpaired) electrons. The molecule has 0 unspecified atom stereocenters.